The normalized spacial score (nSPS) is 11.4. The van der Waals surface area contributed by atoms with Crippen LogP contribution in [-0.4, -0.2) is 36.9 Å². The van der Waals surface area contributed by atoms with Crippen molar-refractivity contribution in [1.82, 2.24) is 0 Å². The molecule has 1 N–H and O–H groups in total. The second kappa shape index (κ2) is 4.42. The van der Waals surface area contributed by atoms with Gasteiger partial charge in [-0.05, 0) is 0 Å². The van der Waals surface area contributed by atoms with Gasteiger partial charge >= 0.3 is 6.08 Å². The minimum absolute atomic E-state index is 0.449. The molecule has 0 aromatic rings. The van der Waals surface area contributed by atoms with E-state index in [1.54, 1.807) is 0 Å². The van der Waals surface area contributed by atoms with Crippen molar-refractivity contribution >= 4 is 12.8 Å². The van der Waals surface area contributed by atoms with Gasteiger partial charge in [-0.25, -0.2) is 0 Å². The third-order valence-corrected chi connectivity index (χ3v) is 0.691. The first-order chi connectivity index (χ1) is 4.76. The van der Waals surface area contributed by atoms with E-state index >= 15 is 0 Å². The highest BCUT2D eigenvalue weighted by atomic mass is 16.6. The van der Waals surface area contributed by atoms with Crippen LogP contribution >= 0.6 is 0 Å². The number of ether oxygens (including phenoxy) is 1. The molecule has 0 heterocycles. The third-order valence-electron chi connectivity index (χ3n) is 0.691. The van der Waals surface area contributed by atoms with Crippen molar-refractivity contribution in [3.8, 4) is 0 Å². The molecule has 0 radical (unpaired) electrons. The summed E-state index contributed by atoms with van der Waals surface area (Å²) in [6, 6.07) is 0. The van der Waals surface area contributed by atoms with E-state index in [1.165, 1.54) is 14.2 Å². The zero-order valence-electron chi connectivity index (χ0n) is 5.85. The first-order valence-electron chi connectivity index (χ1n) is 2.42. The summed E-state index contributed by atoms with van der Waals surface area (Å²) in [5.74, 6) is 0. The van der Waals surface area contributed by atoms with Gasteiger partial charge in [0.2, 0.25) is 0 Å². The number of rotatable bonds is 3. The maximum atomic E-state index is 8.79. The average molecular weight is 145 g/mol. The van der Waals surface area contributed by atoms with Gasteiger partial charge in [-0.2, -0.15) is 5.10 Å². The van der Waals surface area contributed by atoms with Gasteiger partial charge in [0.25, 0.3) is 0 Å². The molecule has 0 unspecified atom stereocenters. The van der Waals surface area contributed by atoms with Crippen LogP contribution < -0.4 is 0 Å². The molecule has 0 saturated heterocycles. The van der Waals surface area contributed by atoms with Gasteiger partial charge in [-0.3, -0.25) is 0 Å². The summed E-state index contributed by atoms with van der Waals surface area (Å²) in [7, 11) is 2.70. The van der Waals surface area contributed by atoms with Gasteiger partial charge < -0.3 is 25.6 Å². The molecule has 0 spiro atoms. The number of aliphatic hydroxyl groups is 1. The van der Waals surface area contributed by atoms with Crippen LogP contribution in [0, 0.1) is 0 Å². The fourth-order valence-electron chi connectivity index (χ4n) is 0.305. The van der Waals surface area contributed by atoms with Gasteiger partial charge in [0.05, 0.1) is 13.8 Å². The Bertz CT molecular complexity index is 144. The van der Waals surface area contributed by atoms with Gasteiger partial charge in [0.15, 0.2) is 0 Å². The van der Waals surface area contributed by atoms with Gasteiger partial charge in [0, 0.05) is 0 Å². The fraction of sp³-hybridized carbons (Fsp3) is 0.500. The van der Waals surface area contributed by atoms with Gasteiger partial charge in [-0.1, -0.05) is 0 Å². The van der Waals surface area contributed by atoms with E-state index in [9.17, 15) is 0 Å². The molecule has 6 heteroatoms. The second-order valence-electron chi connectivity index (χ2n) is 1.21. The van der Waals surface area contributed by atoms with Gasteiger partial charge in [-0.15, -0.1) is 7.05 Å². The summed E-state index contributed by atoms with van der Waals surface area (Å²) in [6.07, 6.45) is -0.449. The molecule has 0 rings (SSSR count). The number of methoxy groups -OCH3 is 1. The average Bonchev–Trinajstić information content (AvgIpc) is 1.99. The summed E-state index contributed by atoms with van der Waals surface area (Å²) in [6.45, 7) is 3.07. The summed E-state index contributed by atoms with van der Waals surface area (Å²) in [5.41, 5.74) is 6.75. The first kappa shape index (κ1) is 8.54. The van der Waals surface area contributed by atoms with E-state index in [0.717, 1.165) is 4.79 Å². The van der Waals surface area contributed by atoms with Crippen LogP contribution in [0.5, 0.6) is 0 Å². The van der Waals surface area contributed by atoms with Crippen molar-refractivity contribution in [2.45, 2.75) is 0 Å². The number of nitrogens with zero attached hydrogens (tertiary/aromatic N) is 4. The Kier molecular flexibility index (Phi) is 3.78. The summed E-state index contributed by atoms with van der Waals surface area (Å²) in [4.78, 5) is 0.799. The van der Waals surface area contributed by atoms with Gasteiger partial charge in [0.1, 0.15) is 0 Å². The largest absolute Gasteiger partial charge is 0.534 e. The quantitative estimate of drug-likeness (QED) is 0.270. The molecule has 0 aliphatic heterocycles. The summed E-state index contributed by atoms with van der Waals surface area (Å²) < 4.78 is 4.38. The highest BCUT2D eigenvalue weighted by molar-refractivity contribution is 5.58. The second-order valence-corrected chi connectivity index (χ2v) is 1.21. The Balaban J connectivity index is 4.13. The molecular weight excluding hydrogens is 136 g/mol. The van der Waals surface area contributed by atoms with Crippen LogP contribution in [0.15, 0.2) is 5.10 Å². The predicted molar refractivity (Wildman–Crippen MR) is 37.1 cm³/mol. The smallest absolute Gasteiger partial charge is 0.437 e. The standard InChI is InChI=1S/C4H9N4O2/c1-5-7-8(6-2)4(9)10-3/h9H,1H2,2-3H3/q-1. The van der Waals surface area contributed by atoms with Crippen LogP contribution in [-0.2, 0) is 4.74 Å². The molecule has 0 fully saturated rings. The lowest BCUT2D eigenvalue weighted by atomic mass is 11.2. The van der Waals surface area contributed by atoms with Crippen LogP contribution in [0.1, 0.15) is 0 Å². The highest BCUT2D eigenvalue weighted by Crippen LogP contribution is 1.95. The molecular formula is C4H9N4O2-. The molecule has 0 aliphatic rings. The molecule has 0 saturated carbocycles. The third kappa shape index (κ3) is 2.21. The molecule has 0 aliphatic carbocycles. The molecule has 0 aromatic heterocycles. The molecule has 10 heavy (non-hydrogen) atoms. The maximum Gasteiger partial charge on any atom is 0.437 e. The van der Waals surface area contributed by atoms with Crippen molar-refractivity contribution in [3.05, 3.63) is 11.0 Å². The summed E-state index contributed by atoms with van der Waals surface area (Å²) in [5, 5.41) is 11.9. The van der Waals surface area contributed by atoms with E-state index in [1.807, 2.05) is 0 Å². The Morgan fingerprint density at radius 2 is 2.40 bits per heavy atom. The van der Waals surface area contributed by atoms with Crippen molar-refractivity contribution in [1.29, 1.82) is 0 Å². The number of hydrogen-bond donors (Lipinski definition) is 1. The van der Waals surface area contributed by atoms with Crippen LogP contribution in [0.3, 0.4) is 0 Å². The minimum atomic E-state index is -0.449. The Morgan fingerprint density at radius 1 is 1.80 bits per heavy atom. The number of aliphatic hydroxyl groups excluding tert-OH is 1. The lowest BCUT2D eigenvalue weighted by Crippen LogP contribution is -2.13. The van der Waals surface area contributed by atoms with Crippen LogP contribution in [0.4, 0.5) is 0 Å². The molecule has 0 bridgehead atoms. The van der Waals surface area contributed by atoms with Crippen molar-refractivity contribution in [3.63, 3.8) is 0 Å². The summed E-state index contributed by atoms with van der Waals surface area (Å²) >= 11 is 0. The van der Waals surface area contributed by atoms with E-state index < -0.39 is 6.08 Å². The Morgan fingerprint density at radius 3 is 2.70 bits per heavy atom. The SMILES string of the molecule is C=N[N-][N+]([N-]C)=C(O)OC. The lowest BCUT2D eigenvalue weighted by Gasteiger charge is -2.23. The van der Waals surface area contributed by atoms with E-state index in [2.05, 4.69) is 27.5 Å². The van der Waals surface area contributed by atoms with E-state index in [-0.39, 0.29) is 0 Å². The lowest BCUT2D eigenvalue weighted by molar-refractivity contribution is -0.445. The van der Waals surface area contributed by atoms with E-state index in [4.69, 9.17) is 5.11 Å². The molecule has 0 amide bonds. The minimum Gasteiger partial charge on any atom is -0.534 e. The van der Waals surface area contributed by atoms with Crippen LogP contribution in [0.2, 0.25) is 0 Å². The topological polar surface area (TPSA) is 73.0 Å². The molecule has 6 nitrogen and oxygen atoms in total. The monoisotopic (exact) mass is 145 g/mol. The Labute approximate surface area is 58.8 Å². The molecule has 0 atom stereocenters. The predicted octanol–water partition coefficient (Wildman–Crippen LogP) is 0.382. The maximum absolute atomic E-state index is 8.79. The van der Waals surface area contributed by atoms with E-state index in [0.29, 0.717) is 0 Å². The first-order valence-corrected chi connectivity index (χ1v) is 2.42. The zero-order chi connectivity index (χ0) is 7.98. The zero-order valence-corrected chi connectivity index (χ0v) is 5.85. The number of hydrogen-bond acceptors (Lipinski definition) is 2. The van der Waals surface area contributed by atoms with Crippen LogP contribution in [0.25, 0.3) is 11.0 Å². The Hall–Kier alpha value is -1.46. The van der Waals surface area contributed by atoms with Crippen molar-refractivity contribution < 1.29 is 14.6 Å². The fourth-order valence-corrected chi connectivity index (χ4v) is 0.305. The van der Waals surface area contributed by atoms with Crippen molar-refractivity contribution in [2.75, 3.05) is 14.2 Å². The highest BCUT2D eigenvalue weighted by Gasteiger charge is 1.90. The molecule has 0 aromatic carbocycles. The molecule has 58 valence electrons. The van der Waals surface area contributed by atoms with Crippen molar-refractivity contribution in [2.24, 2.45) is 5.10 Å².